The summed E-state index contributed by atoms with van der Waals surface area (Å²) in [6.45, 7) is 3.82. The van der Waals surface area contributed by atoms with E-state index in [4.69, 9.17) is 0 Å². The van der Waals surface area contributed by atoms with E-state index in [-0.39, 0.29) is 19.5 Å². The molecular formula is C8H12F4O3. The van der Waals surface area contributed by atoms with E-state index in [0.29, 0.717) is 0 Å². The predicted octanol–water partition coefficient (Wildman–Crippen LogP) is 2.39. The van der Waals surface area contributed by atoms with Crippen LogP contribution in [-0.2, 0) is 14.2 Å². The van der Waals surface area contributed by atoms with Gasteiger partial charge in [-0.05, 0) is 6.92 Å². The third-order valence-electron chi connectivity index (χ3n) is 1.29. The Hall–Kier alpha value is -0.820. The van der Waals surface area contributed by atoms with Crippen LogP contribution in [0, 0.1) is 0 Å². The van der Waals surface area contributed by atoms with Gasteiger partial charge >= 0.3 is 12.2 Å². The minimum absolute atomic E-state index is 0.198. The molecule has 3 nitrogen and oxygen atoms in total. The van der Waals surface area contributed by atoms with Crippen molar-refractivity contribution in [1.82, 2.24) is 0 Å². The van der Waals surface area contributed by atoms with Crippen LogP contribution in [-0.4, -0.2) is 32.0 Å². The topological polar surface area (TPSA) is 27.7 Å². The molecule has 0 saturated carbocycles. The first-order valence-electron chi connectivity index (χ1n) is 4.13. The van der Waals surface area contributed by atoms with Crippen LogP contribution < -0.4 is 0 Å². The van der Waals surface area contributed by atoms with Gasteiger partial charge in [0.1, 0.15) is 0 Å². The Kier molecular flexibility index (Phi) is 5.59. The Labute approximate surface area is 84.6 Å². The van der Waals surface area contributed by atoms with E-state index in [1.165, 1.54) is 0 Å². The van der Waals surface area contributed by atoms with Crippen molar-refractivity contribution >= 4 is 0 Å². The van der Waals surface area contributed by atoms with Gasteiger partial charge in [-0.2, -0.15) is 17.6 Å². The summed E-state index contributed by atoms with van der Waals surface area (Å²) >= 11 is 0. The zero-order valence-corrected chi connectivity index (χ0v) is 8.14. The smallest absolute Gasteiger partial charge is 0.435 e. The van der Waals surface area contributed by atoms with Gasteiger partial charge in [0.05, 0.1) is 19.5 Å². The number of hydrogen-bond donors (Lipinski definition) is 0. The average molecular weight is 232 g/mol. The lowest BCUT2D eigenvalue weighted by atomic mass is 10.5. The molecule has 0 spiro atoms. The molecule has 0 aliphatic heterocycles. The molecule has 0 unspecified atom stereocenters. The zero-order chi connectivity index (χ0) is 11.9. The van der Waals surface area contributed by atoms with Crippen LogP contribution in [0.25, 0.3) is 0 Å². The molecule has 0 bridgehead atoms. The molecule has 0 fully saturated rings. The maximum absolute atomic E-state index is 12.6. The molecule has 0 atom stereocenters. The van der Waals surface area contributed by atoms with E-state index >= 15 is 0 Å². The predicted molar refractivity (Wildman–Crippen MR) is 43.6 cm³/mol. The molecule has 0 aromatic heterocycles. The van der Waals surface area contributed by atoms with E-state index in [1.54, 1.807) is 6.92 Å². The van der Waals surface area contributed by atoms with Crippen molar-refractivity contribution in [3.63, 3.8) is 0 Å². The fourth-order valence-electron chi connectivity index (χ4n) is 0.630. The summed E-state index contributed by atoms with van der Waals surface area (Å²) in [7, 11) is 0. The summed E-state index contributed by atoms with van der Waals surface area (Å²) in [5.41, 5.74) is 0. The lowest BCUT2D eigenvalue weighted by Crippen LogP contribution is -2.44. The number of rotatable bonds is 8. The highest BCUT2D eigenvalue weighted by Gasteiger charge is 2.60. The first kappa shape index (κ1) is 14.2. The lowest BCUT2D eigenvalue weighted by Gasteiger charge is -2.24. The van der Waals surface area contributed by atoms with Crippen LogP contribution in [0.1, 0.15) is 6.92 Å². The van der Waals surface area contributed by atoms with Gasteiger partial charge < -0.3 is 14.2 Å². The fourth-order valence-corrected chi connectivity index (χ4v) is 0.630. The first-order valence-corrected chi connectivity index (χ1v) is 4.13. The molecule has 0 amide bonds. The average Bonchev–Trinajstić information content (AvgIpc) is 2.12. The van der Waals surface area contributed by atoms with Gasteiger partial charge in [-0.3, -0.25) is 0 Å². The molecule has 0 rings (SSSR count). The molecule has 0 saturated heterocycles. The van der Waals surface area contributed by atoms with Crippen LogP contribution in [0.4, 0.5) is 17.6 Å². The standard InChI is InChI=1S/C8H12F4O3/c1-3-13-5-6-15-8(11,12)7(9,10)14-4-2/h4H,2-3,5-6H2,1H3. The SMILES string of the molecule is C=COC(F)(F)C(F)(F)OCCOCC. The maximum Gasteiger partial charge on any atom is 0.493 e. The summed E-state index contributed by atoms with van der Waals surface area (Å²) in [4.78, 5) is 0. The highest BCUT2D eigenvalue weighted by molar-refractivity contribution is 4.69. The molecule has 90 valence electrons. The molecule has 15 heavy (non-hydrogen) atoms. The first-order chi connectivity index (χ1) is 6.87. The molecule has 0 radical (unpaired) electrons. The fraction of sp³-hybridized carbons (Fsp3) is 0.750. The van der Waals surface area contributed by atoms with Gasteiger partial charge in [-0.15, -0.1) is 0 Å². The van der Waals surface area contributed by atoms with Crippen LogP contribution in [0.2, 0.25) is 0 Å². The molecule has 0 aromatic carbocycles. The van der Waals surface area contributed by atoms with Crippen LogP contribution >= 0.6 is 0 Å². The molecule has 0 aliphatic carbocycles. The molecular weight excluding hydrogens is 220 g/mol. The van der Waals surface area contributed by atoms with E-state index in [9.17, 15) is 17.6 Å². The van der Waals surface area contributed by atoms with Crippen molar-refractivity contribution in [2.24, 2.45) is 0 Å². The lowest BCUT2D eigenvalue weighted by molar-refractivity contribution is -0.419. The number of alkyl halides is 4. The Morgan fingerprint density at radius 3 is 2.20 bits per heavy atom. The Bertz CT molecular complexity index is 196. The van der Waals surface area contributed by atoms with E-state index in [1.807, 2.05) is 0 Å². The van der Waals surface area contributed by atoms with Gasteiger partial charge in [0.2, 0.25) is 0 Å². The van der Waals surface area contributed by atoms with Crippen LogP contribution in [0.15, 0.2) is 12.8 Å². The number of ether oxygens (including phenoxy) is 3. The summed E-state index contributed by atoms with van der Waals surface area (Å²) < 4.78 is 61.9. The van der Waals surface area contributed by atoms with E-state index in [2.05, 4.69) is 20.8 Å². The van der Waals surface area contributed by atoms with Crippen molar-refractivity contribution in [3.05, 3.63) is 12.8 Å². The third-order valence-corrected chi connectivity index (χ3v) is 1.29. The summed E-state index contributed by atoms with van der Waals surface area (Å²) in [5, 5.41) is 0. The van der Waals surface area contributed by atoms with Crippen molar-refractivity contribution in [3.8, 4) is 0 Å². The van der Waals surface area contributed by atoms with Gasteiger partial charge in [-0.1, -0.05) is 6.58 Å². The van der Waals surface area contributed by atoms with Gasteiger partial charge in [0.15, 0.2) is 0 Å². The summed E-state index contributed by atoms with van der Waals surface area (Å²) in [6, 6.07) is 0. The zero-order valence-electron chi connectivity index (χ0n) is 8.14. The minimum atomic E-state index is -4.74. The second-order valence-electron chi connectivity index (χ2n) is 2.36. The van der Waals surface area contributed by atoms with Crippen molar-refractivity contribution in [2.75, 3.05) is 19.8 Å². The minimum Gasteiger partial charge on any atom is -0.435 e. The Morgan fingerprint density at radius 1 is 1.13 bits per heavy atom. The molecule has 0 heterocycles. The number of hydrogen-bond acceptors (Lipinski definition) is 3. The van der Waals surface area contributed by atoms with Gasteiger partial charge in [0.25, 0.3) is 0 Å². The summed E-state index contributed by atoms with van der Waals surface area (Å²) in [6.07, 6.45) is -9.22. The third kappa shape index (κ3) is 4.48. The van der Waals surface area contributed by atoms with Crippen molar-refractivity contribution < 1.29 is 31.8 Å². The number of halogens is 4. The maximum atomic E-state index is 12.6. The Morgan fingerprint density at radius 2 is 1.73 bits per heavy atom. The molecule has 0 N–H and O–H groups in total. The highest BCUT2D eigenvalue weighted by Crippen LogP contribution is 2.36. The molecule has 0 aromatic rings. The van der Waals surface area contributed by atoms with Crippen LogP contribution in [0.3, 0.4) is 0 Å². The van der Waals surface area contributed by atoms with E-state index in [0.717, 1.165) is 0 Å². The quantitative estimate of drug-likeness (QED) is 0.365. The molecule has 7 heteroatoms. The van der Waals surface area contributed by atoms with Crippen molar-refractivity contribution in [1.29, 1.82) is 0 Å². The molecule has 0 aliphatic rings. The van der Waals surface area contributed by atoms with Gasteiger partial charge in [0, 0.05) is 6.61 Å². The monoisotopic (exact) mass is 232 g/mol. The van der Waals surface area contributed by atoms with Crippen LogP contribution in [0.5, 0.6) is 0 Å². The normalized spacial score (nSPS) is 12.6. The second kappa shape index (κ2) is 5.92. The largest absolute Gasteiger partial charge is 0.493 e. The van der Waals surface area contributed by atoms with Crippen molar-refractivity contribution in [2.45, 2.75) is 19.1 Å². The van der Waals surface area contributed by atoms with Gasteiger partial charge in [-0.25, -0.2) is 0 Å². The Balaban J connectivity index is 4.09. The second-order valence-corrected chi connectivity index (χ2v) is 2.36. The highest BCUT2D eigenvalue weighted by atomic mass is 19.3. The summed E-state index contributed by atoms with van der Waals surface area (Å²) in [5.74, 6) is 0. The van der Waals surface area contributed by atoms with E-state index < -0.39 is 18.8 Å².